The van der Waals surface area contributed by atoms with E-state index in [2.05, 4.69) is 0 Å². The van der Waals surface area contributed by atoms with Gasteiger partial charge >= 0.3 is 5.97 Å². The lowest BCUT2D eigenvalue weighted by Gasteiger charge is -2.24. The van der Waals surface area contributed by atoms with Gasteiger partial charge < -0.3 is 14.2 Å². The number of benzene rings is 2. The predicted octanol–water partition coefficient (Wildman–Crippen LogP) is 2.16. The zero-order chi connectivity index (χ0) is 19.4. The lowest BCUT2D eigenvalue weighted by Crippen LogP contribution is -2.30. The van der Waals surface area contributed by atoms with Crippen LogP contribution in [0.4, 0.5) is 0 Å². The zero-order valence-electron chi connectivity index (χ0n) is 14.3. The molecular formula is C18H18ClNO6S. The van der Waals surface area contributed by atoms with Crippen LogP contribution in [0.1, 0.15) is 5.56 Å². The van der Waals surface area contributed by atoms with Gasteiger partial charge in [0.15, 0.2) is 0 Å². The summed E-state index contributed by atoms with van der Waals surface area (Å²) in [6.07, 6.45) is 0.505. The summed E-state index contributed by atoms with van der Waals surface area (Å²) in [5, 5.41) is 5.62. The fourth-order valence-electron chi connectivity index (χ4n) is 2.66. The van der Waals surface area contributed by atoms with Crippen molar-refractivity contribution in [2.24, 2.45) is 11.1 Å². The SMILES string of the molecule is NS(=O)(=O)c1ccc(OCCOC(=O)[C@@H]2COc3ccc(Cl)cc3C2)cc1. The third kappa shape index (κ3) is 5.12. The molecule has 7 nitrogen and oxygen atoms in total. The summed E-state index contributed by atoms with van der Waals surface area (Å²) in [6.45, 7) is 0.453. The summed E-state index contributed by atoms with van der Waals surface area (Å²) in [5.41, 5.74) is 0.877. The number of carbonyl (C=O) groups excluding carboxylic acids is 1. The molecule has 0 radical (unpaired) electrons. The van der Waals surface area contributed by atoms with Crippen LogP contribution in [-0.2, 0) is 26.0 Å². The Kier molecular flexibility index (Phi) is 5.88. The number of rotatable bonds is 6. The molecule has 1 aliphatic rings. The van der Waals surface area contributed by atoms with Crippen molar-refractivity contribution in [3.8, 4) is 11.5 Å². The van der Waals surface area contributed by atoms with Gasteiger partial charge in [-0.3, -0.25) is 4.79 Å². The van der Waals surface area contributed by atoms with Crippen molar-refractivity contribution in [2.45, 2.75) is 11.3 Å². The quantitative estimate of drug-likeness (QED) is 0.576. The Bertz CT molecular complexity index is 929. The fraction of sp³-hybridized carbons (Fsp3) is 0.278. The minimum atomic E-state index is -3.74. The molecule has 0 aliphatic carbocycles. The molecule has 0 fully saturated rings. The summed E-state index contributed by atoms with van der Waals surface area (Å²) >= 11 is 5.97. The molecule has 27 heavy (non-hydrogen) atoms. The molecule has 0 amide bonds. The molecule has 0 unspecified atom stereocenters. The van der Waals surface area contributed by atoms with Gasteiger partial charge in [-0.15, -0.1) is 0 Å². The Morgan fingerprint density at radius 1 is 1.19 bits per heavy atom. The van der Waals surface area contributed by atoms with Crippen LogP contribution in [0.3, 0.4) is 0 Å². The van der Waals surface area contributed by atoms with Crippen LogP contribution >= 0.6 is 11.6 Å². The van der Waals surface area contributed by atoms with E-state index in [1.54, 1.807) is 18.2 Å². The van der Waals surface area contributed by atoms with Crippen molar-refractivity contribution in [3.63, 3.8) is 0 Å². The van der Waals surface area contributed by atoms with Crippen LogP contribution in [0.15, 0.2) is 47.4 Å². The van der Waals surface area contributed by atoms with Gasteiger partial charge in [0.1, 0.15) is 31.3 Å². The lowest BCUT2D eigenvalue weighted by atomic mass is 9.97. The van der Waals surface area contributed by atoms with Crippen LogP contribution in [0.5, 0.6) is 11.5 Å². The van der Waals surface area contributed by atoms with E-state index in [0.717, 1.165) is 11.3 Å². The Morgan fingerprint density at radius 3 is 2.63 bits per heavy atom. The van der Waals surface area contributed by atoms with Crippen molar-refractivity contribution in [1.29, 1.82) is 0 Å². The maximum absolute atomic E-state index is 12.2. The number of nitrogens with two attached hydrogens (primary N) is 1. The number of fused-ring (bicyclic) bond motifs is 1. The maximum atomic E-state index is 12.2. The second-order valence-electron chi connectivity index (χ2n) is 6.00. The Hall–Kier alpha value is -2.29. The van der Waals surface area contributed by atoms with Crippen LogP contribution in [0.2, 0.25) is 5.02 Å². The van der Waals surface area contributed by atoms with Crippen LogP contribution < -0.4 is 14.6 Å². The highest BCUT2D eigenvalue weighted by atomic mass is 35.5. The Balaban J connectivity index is 1.45. The van der Waals surface area contributed by atoms with Crippen LogP contribution in [-0.4, -0.2) is 34.2 Å². The highest BCUT2D eigenvalue weighted by Crippen LogP contribution is 2.30. The second kappa shape index (κ2) is 8.16. The number of hydrogen-bond acceptors (Lipinski definition) is 6. The molecule has 2 aromatic carbocycles. The minimum Gasteiger partial charge on any atom is -0.492 e. The molecule has 1 heterocycles. The highest BCUT2D eigenvalue weighted by Gasteiger charge is 2.27. The number of ether oxygens (including phenoxy) is 3. The molecular weight excluding hydrogens is 394 g/mol. The fourth-order valence-corrected chi connectivity index (χ4v) is 3.37. The van der Waals surface area contributed by atoms with E-state index in [-0.39, 0.29) is 30.7 Å². The van der Waals surface area contributed by atoms with Gasteiger partial charge in [-0.2, -0.15) is 0 Å². The lowest BCUT2D eigenvalue weighted by molar-refractivity contribution is -0.150. The predicted molar refractivity (Wildman–Crippen MR) is 98.4 cm³/mol. The summed E-state index contributed by atoms with van der Waals surface area (Å²) in [4.78, 5) is 12.2. The van der Waals surface area contributed by atoms with Crippen molar-refractivity contribution in [3.05, 3.63) is 53.1 Å². The normalized spacial score (nSPS) is 16.1. The smallest absolute Gasteiger partial charge is 0.312 e. The molecule has 0 aromatic heterocycles. The number of carbonyl (C=O) groups is 1. The number of esters is 1. The first-order valence-electron chi connectivity index (χ1n) is 8.16. The Morgan fingerprint density at radius 2 is 1.93 bits per heavy atom. The largest absolute Gasteiger partial charge is 0.492 e. The number of sulfonamides is 1. The van der Waals surface area contributed by atoms with E-state index in [0.29, 0.717) is 17.2 Å². The first kappa shape index (κ1) is 19.5. The minimum absolute atomic E-state index is 0.000962. The first-order chi connectivity index (χ1) is 12.8. The van der Waals surface area contributed by atoms with Gasteiger partial charge in [0, 0.05) is 5.02 Å². The van der Waals surface area contributed by atoms with Crippen molar-refractivity contribution in [2.75, 3.05) is 19.8 Å². The summed E-state index contributed by atoms with van der Waals surface area (Å²) in [6, 6.07) is 11.0. The molecule has 0 saturated carbocycles. The molecule has 2 N–H and O–H groups in total. The van der Waals surface area contributed by atoms with E-state index in [1.807, 2.05) is 0 Å². The molecule has 9 heteroatoms. The van der Waals surface area contributed by atoms with Gasteiger partial charge in [0.25, 0.3) is 0 Å². The molecule has 144 valence electrons. The topological polar surface area (TPSA) is 105 Å². The number of primary sulfonamides is 1. The van der Waals surface area contributed by atoms with Gasteiger partial charge in [-0.05, 0) is 54.4 Å². The number of hydrogen-bond donors (Lipinski definition) is 1. The molecule has 2 aromatic rings. The summed E-state index contributed by atoms with van der Waals surface area (Å²) < 4.78 is 38.6. The molecule has 3 rings (SSSR count). The van der Waals surface area contributed by atoms with Gasteiger partial charge in [-0.1, -0.05) is 11.6 Å². The van der Waals surface area contributed by atoms with E-state index >= 15 is 0 Å². The highest BCUT2D eigenvalue weighted by molar-refractivity contribution is 7.89. The van der Waals surface area contributed by atoms with Crippen LogP contribution in [0.25, 0.3) is 0 Å². The third-order valence-electron chi connectivity index (χ3n) is 4.01. The summed E-state index contributed by atoms with van der Waals surface area (Å²) in [5.74, 6) is 0.413. The maximum Gasteiger partial charge on any atom is 0.312 e. The van der Waals surface area contributed by atoms with Gasteiger partial charge in [0.05, 0.1) is 10.8 Å². The average Bonchev–Trinajstić information content (AvgIpc) is 2.64. The van der Waals surface area contributed by atoms with E-state index in [4.69, 9.17) is 31.0 Å². The molecule has 1 aliphatic heterocycles. The standard InChI is InChI=1S/C18H18ClNO6S/c19-14-1-6-17-12(10-14)9-13(11-26-17)18(21)25-8-7-24-15-2-4-16(5-3-15)27(20,22)23/h1-6,10,13H,7-9,11H2,(H2,20,22,23)/t13-/m0/s1. The summed E-state index contributed by atoms with van der Waals surface area (Å²) in [7, 11) is -3.74. The number of halogens is 1. The van der Waals surface area contributed by atoms with E-state index < -0.39 is 15.9 Å². The molecule has 0 bridgehead atoms. The molecule has 1 atom stereocenters. The first-order valence-corrected chi connectivity index (χ1v) is 10.1. The zero-order valence-corrected chi connectivity index (χ0v) is 15.8. The van der Waals surface area contributed by atoms with Crippen LogP contribution in [0, 0.1) is 5.92 Å². The second-order valence-corrected chi connectivity index (χ2v) is 7.99. The average molecular weight is 412 g/mol. The van der Waals surface area contributed by atoms with E-state index in [9.17, 15) is 13.2 Å². The van der Waals surface area contributed by atoms with Crippen molar-refractivity contribution >= 4 is 27.6 Å². The van der Waals surface area contributed by atoms with Gasteiger partial charge in [-0.25, -0.2) is 13.6 Å². The van der Waals surface area contributed by atoms with Crippen molar-refractivity contribution < 1.29 is 27.4 Å². The molecule has 0 saturated heterocycles. The monoisotopic (exact) mass is 411 g/mol. The molecule has 0 spiro atoms. The Labute approximate surface area is 162 Å². The third-order valence-corrected chi connectivity index (χ3v) is 5.18. The van der Waals surface area contributed by atoms with Crippen molar-refractivity contribution in [1.82, 2.24) is 0 Å². The van der Waals surface area contributed by atoms with Gasteiger partial charge in [0.2, 0.25) is 10.0 Å². The van der Waals surface area contributed by atoms with E-state index in [1.165, 1.54) is 24.3 Å².